The minimum Gasteiger partial charge on any atom is -0.496 e. The molecule has 180 valence electrons. The zero-order chi connectivity index (χ0) is 25.1. The Morgan fingerprint density at radius 2 is 1.80 bits per heavy atom. The molecule has 1 heterocycles. The summed E-state index contributed by atoms with van der Waals surface area (Å²) in [5.74, 6) is 1.34. The van der Waals surface area contributed by atoms with Crippen LogP contribution in [0.1, 0.15) is 36.1 Å². The van der Waals surface area contributed by atoms with Crippen LogP contribution in [0.4, 0.5) is 5.69 Å². The Balaban J connectivity index is 1.74. The zero-order valence-corrected chi connectivity index (χ0v) is 21.1. The van der Waals surface area contributed by atoms with Crippen molar-refractivity contribution in [3.05, 3.63) is 83.1 Å². The number of amides is 1. The van der Waals surface area contributed by atoms with Crippen LogP contribution in [0.2, 0.25) is 0 Å². The molecule has 5 nitrogen and oxygen atoms in total. The molecule has 0 aliphatic heterocycles. The number of allylic oxidation sites excluding steroid dienone is 1. The number of furan rings is 1. The van der Waals surface area contributed by atoms with E-state index in [1.165, 1.54) is 0 Å². The Hall–Kier alpha value is -3.99. The molecule has 0 spiro atoms. The van der Waals surface area contributed by atoms with E-state index in [-0.39, 0.29) is 5.91 Å². The van der Waals surface area contributed by atoms with Crippen LogP contribution >= 0.6 is 0 Å². The number of hydrogen-bond acceptors (Lipinski definition) is 4. The van der Waals surface area contributed by atoms with Gasteiger partial charge in [-0.1, -0.05) is 24.3 Å². The number of benzene rings is 3. The molecule has 35 heavy (non-hydrogen) atoms. The molecule has 4 rings (SSSR count). The Bertz CT molecular complexity index is 1410. The van der Waals surface area contributed by atoms with E-state index in [0.717, 1.165) is 61.4 Å². The zero-order valence-electron chi connectivity index (χ0n) is 21.1. The van der Waals surface area contributed by atoms with Crippen LogP contribution in [-0.2, 0) is 4.79 Å². The maximum Gasteiger partial charge on any atom is 0.248 e. The highest BCUT2D eigenvalue weighted by Gasteiger charge is 2.19. The van der Waals surface area contributed by atoms with Gasteiger partial charge >= 0.3 is 0 Å². The van der Waals surface area contributed by atoms with Crippen molar-refractivity contribution >= 4 is 28.1 Å². The first-order valence-corrected chi connectivity index (χ1v) is 11.7. The number of carbonyl (C=O) groups is 1. The van der Waals surface area contributed by atoms with E-state index in [2.05, 4.69) is 5.32 Å². The predicted molar refractivity (Wildman–Crippen MR) is 142 cm³/mol. The van der Waals surface area contributed by atoms with E-state index in [4.69, 9.17) is 13.9 Å². The van der Waals surface area contributed by atoms with Crippen LogP contribution in [0.3, 0.4) is 0 Å². The molecule has 0 unspecified atom stereocenters. The van der Waals surface area contributed by atoms with E-state index in [0.29, 0.717) is 12.4 Å². The van der Waals surface area contributed by atoms with Crippen LogP contribution in [0.25, 0.3) is 27.7 Å². The van der Waals surface area contributed by atoms with Crippen molar-refractivity contribution in [3.8, 4) is 22.6 Å². The van der Waals surface area contributed by atoms with Gasteiger partial charge in [0, 0.05) is 33.8 Å². The van der Waals surface area contributed by atoms with Crippen molar-refractivity contribution in [1.29, 1.82) is 0 Å². The number of hydrogen-bond donors (Lipinski definition) is 1. The first-order valence-electron chi connectivity index (χ1n) is 11.7. The molecule has 4 aromatic rings. The van der Waals surface area contributed by atoms with Crippen molar-refractivity contribution in [2.24, 2.45) is 0 Å². The number of rotatable bonds is 7. The molecule has 1 N–H and O–H groups in total. The van der Waals surface area contributed by atoms with Crippen molar-refractivity contribution in [1.82, 2.24) is 0 Å². The van der Waals surface area contributed by atoms with Gasteiger partial charge in [-0.05, 0) is 81.1 Å². The maximum absolute atomic E-state index is 12.9. The van der Waals surface area contributed by atoms with Gasteiger partial charge in [0.15, 0.2) is 0 Å². The number of ether oxygens (including phenoxy) is 2. The molecule has 0 saturated heterocycles. The van der Waals surface area contributed by atoms with Crippen LogP contribution < -0.4 is 14.8 Å². The normalized spacial score (nSPS) is 11.5. The molecule has 0 atom stereocenters. The summed E-state index contributed by atoms with van der Waals surface area (Å²) < 4.78 is 17.3. The first-order chi connectivity index (χ1) is 16.8. The highest BCUT2D eigenvalue weighted by atomic mass is 16.5. The van der Waals surface area contributed by atoms with Crippen molar-refractivity contribution < 1.29 is 18.7 Å². The fraction of sp³-hybridized carbons (Fsp3) is 0.233. The molecule has 0 aliphatic rings. The Labute approximate surface area is 206 Å². The number of methoxy groups -OCH3 is 1. The molecular formula is C30H31NO4. The number of nitrogens with one attached hydrogen (secondary N) is 1. The third-order valence-corrected chi connectivity index (χ3v) is 6.36. The largest absolute Gasteiger partial charge is 0.496 e. The lowest BCUT2D eigenvalue weighted by Gasteiger charge is -2.14. The Morgan fingerprint density at radius 3 is 2.49 bits per heavy atom. The summed E-state index contributed by atoms with van der Waals surface area (Å²) in [6.45, 7) is 10.5. The third kappa shape index (κ3) is 4.80. The topological polar surface area (TPSA) is 60.7 Å². The minimum absolute atomic E-state index is 0.185. The number of carbonyl (C=O) groups excluding carboxylic acids is 1. The molecular weight excluding hydrogens is 438 g/mol. The second-order valence-corrected chi connectivity index (χ2v) is 8.63. The third-order valence-electron chi connectivity index (χ3n) is 6.36. The maximum atomic E-state index is 12.9. The lowest BCUT2D eigenvalue weighted by Crippen LogP contribution is -2.10. The molecule has 0 fully saturated rings. The molecule has 3 aromatic carbocycles. The molecule has 0 saturated carbocycles. The van der Waals surface area contributed by atoms with Gasteiger partial charge in [-0.15, -0.1) is 0 Å². The van der Waals surface area contributed by atoms with Gasteiger partial charge in [0.25, 0.3) is 0 Å². The Kier molecular flexibility index (Phi) is 6.97. The fourth-order valence-electron chi connectivity index (χ4n) is 4.32. The summed E-state index contributed by atoms with van der Waals surface area (Å²) in [5, 5.41) is 3.97. The van der Waals surface area contributed by atoms with Gasteiger partial charge in [-0.2, -0.15) is 0 Å². The van der Waals surface area contributed by atoms with Crippen molar-refractivity contribution in [2.45, 2.75) is 34.6 Å². The van der Waals surface area contributed by atoms with E-state index in [1.54, 1.807) is 19.4 Å². The van der Waals surface area contributed by atoms with E-state index in [9.17, 15) is 4.79 Å². The summed E-state index contributed by atoms with van der Waals surface area (Å²) in [5.41, 5.74) is 8.30. The average Bonchev–Trinajstić information content (AvgIpc) is 3.27. The Morgan fingerprint density at radius 1 is 1.06 bits per heavy atom. The molecule has 0 bridgehead atoms. The van der Waals surface area contributed by atoms with Gasteiger partial charge in [0.2, 0.25) is 5.91 Å². The van der Waals surface area contributed by atoms with Crippen LogP contribution in [-0.4, -0.2) is 19.6 Å². The van der Waals surface area contributed by atoms with E-state index < -0.39 is 0 Å². The van der Waals surface area contributed by atoms with Crippen LogP contribution in [0.5, 0.6) is 11.5 Å². The lowest BCUT2D eigenvalue weighted by molar-refractivity contribution is -0.111. The number of aryl methyl sites for hydroxylation is 2. The fourth-order valence-corrected chi connectivity index (χ4v) is 4.32. The van der Waals surface area contributed by atoms with E-state index in [1.807, 2.05) is 83.1 Å². The van der Waals surface area contributed by atoms with Gasteiger partial charge in [-0.3, -0.25) is 4.79 Å². The smallest absolute Gasteiger partial charge is 0.248 e. The first kappa shape index (κ1) is 24.1. The monoisotopic (exact) mass is 469 g/mol. The second-order valence-electron chi connectivity index (χ2n) is 8.63. The minimum atomic E-state index is -0.185. The molecule has 1 aromatic heterocycles. The van der Waals surface area contributed by atoms with Gasteiger partial charge in [0.1, 0.15) is 17.1 Å². The summed E-state index contributed by atoms with van der Waals surface area (Å²) in [6.07, 6.45) is 3.38. The van der Waals surface area contributed by atoms with Gasteiger partial charge in [-0.25, -0.2) is 0 Å². The summed E-state index contributed by atoms with van der Waals surface area (Å²) in [6, 6.07) is 15.9. The lowest BCUT2D eigenvalue weighted by atomic mass is 9.96. The summed E-state index contributed by atoms with van der Waals surface area (Å²) in [7, 11) is 1.64. The standard InChI is InChI=1S/C30H31NO4/c1-7-34-23-13-11-22(12-14-23)26-17-35-30-21(5)29(33-6)24(16-25(26)30)19(3)15-28(32)31-27-10-8-9-18(2)20(27)4/h8-17H,7H2,1-6H3,(H,31,32)/b19-15+. The van der Waals surface area contributed by atoms with Crippen LogP contribution in [0.15, 0.2) is 65.3 Å². The SMILES string of the molecule is CCOc1ccc(-c2coc3c(C)c(OC)c(/C(C)=C/C(=O)Nc4cccc(C)c4C)cc23)cc1. The highest BCUT2D eigenvalue weighted by Crippen LogP contribution is 2.40. The van der Waals surface area contributed by atoms with Crippen LogP contribution in [0, 0.1) is 20.8 Å². The quantitative estimate of drug-likeness (QED) is 0.285. The second kappa shape index (κ2) is 10.1. The van der Waals surface area contributed by atoms with Gasteiger partial charge < -0.3 is 19.2 Å². The summed E-state index contributed by atoms with van der Waals surface area (Å²) in [4.78, 5) is 12.9. The number of fused-ring (bicyclic) bond motifs is 1. The summed E-state index contributed by atoms with van der Waals surface area (Å²) >= 11 is 0. The van der Waals surface area contributed by atoms with E-state index >= 15 is 0 Å². The predicted octanol–water partition coefficient (Wildman–Crippen LogP) is 7.47. The number of anilines is 1. The molecule has 0 aliphatic carbocycles. The highest BCUT2D eigenvalue weighted by molar-refractivity contribution is 6.06. The molecule has 5 heteroatoms. The van der Waals surface area contributed by atoms with Crippen molar-refractivity contribution in [3.63, 3.8) is 0 Å². The van der Waals surface area contributed by atoms with Gasteiger partial charge in [0.05, 0.1) is 20.0 Å². The molecule has 0 radical (unpaired) electrons. The average molecular weight is 470 g/mol. The van der Waals surface area contributed by atoms with Crippen molar-refractivity contribution in [2.75, 3.05) is 19.0 Å². The molecule has 1 amide bonds.